The summed E-state index contributed by atoms with van der Waals surface area (Å²) in [4.78, 5) is 38.0. The Morgan fingerprint density at radius 1 is 0.735 bits per heavy atom. The van der Waals surface area contributed by atoms with Crippen LogP contribution in [-0.2, 0) is 0 Å². The monoisotopic (exact) mass is 447 g/mol. The van der Waals surface area contributed by atoms with Crippen molar-refractivity contribution in [2.45, 2.75) is 6.04 Å². The lowest BCUT2D eigenvalue weighted by atomic mass is 10.0. The first-order valence-corrected chi connectivity index (χ1v) is 10.8. The molecule has 7 heteroatoms. The second-order valence-electron chi connectivity index (χ2n) is 7.88. The summed E-state index contributed by atoms with van der Waals surface area (Å²) in [6, 6.07) is 21.2. The molecule has 0 bridgehead atoms. The molecule has 3 aromatic carbocycles. The molecule has 34 heavy (non-hydrogen) atoms. The maximum Gasteiger partial charge on any atom is 0.254 e. The molecule has 0 radical (unpaired) electrons. The van der Waals surface area contributed by atoms with E-state index in [1.165, 1.54) is 18.7 Å². The Morgan fingerprint density at radius 2 is 1.47 bits per heavy atom. The van der Waals surface area contributed by atoms with Gasteiger partial charge in [-0.05, 0) is 27.8 Å². The maximum atomic E-state index is 13.3. The molecule has 5 aromatic rings. The fourth-order valence-corrected chi connectivity index (χ4v) is 3.92. The second-order valence-corrected chi connectivity index (χ2v) is 7.88. The molecule has 0 aliphatic heterocycles. The highest BCUT2D eigenvalue weighted by molar-refractivity contribution is 6.06. The van der Waals surface area contributed by atoms with Crippen molar-refractivity contribution in [1.29, 1.82) is 0 Å². The normalized spacial score (nSPS) is 11.8. The Labute approximate surface area is 195 Å². The number of pyridine rings is 1. The van der Waals surface area contributed by atoms with E-state index >= 15 is 0 Å². The van der Waals surface area contributed by atoms with Gasteiger partial charge >= 0.3 is 0 Å². The molecular weight excluding hydrogens is 426 g/mol. The van der Waals surface area contributed by atoms with Gasteiger partial charge in [0, 0.05) is 36.7 Å². The van der Waals surface area contributed by atoms with Crippen LogP contribution in [0.25, 0.3) is 21.5 Å². The van der Waals surface area contributed by atoms with E-state index in [1.807, 2.05) is 66.7 Å². The molecule has 0 aliphatic rings. The Morgan fingerprint density at radius 3 is 2.29 bits per heavy atom. The third-order valence-corrected chi connectivity index (χ3v) is 5.68. The van der Waals surface area contributed by atoms with Gasteiger partial charge in [-0.2, -0.15) is 0 Å². The lowest BCUT2D eigenvalue weighted by molar-refractivity contribution is 0.0909. The van der Waals surface area contributed by atoms with Crippen LogP contribution in [0.3, 0.4) is 0 Å². The van der Waals surface area contributed by atoms with Gasteiger partial charge in [-0.25, -0.2) is 9.97 Å². The molecule has 0 saturated carbocycles. The maximum absolute atomic E-state index is 13.3. The van der Waals surface area contributed by atoms with Crippen LogP contribution in [0.15, 0.2) is 97.8 Å². The SMILES string of the molecule is O=C(NCC(NC(=O)c1cncc2ccccc12)c1ccc2ccccc2c1)c1cncnc1. The van der Waals surface area contributed by atoms with E-state index in [4.69, 9.17) is 0 Å². The van der Waals surface area contributed by atoms with Crippen molar-refractivity contribution < 1.29 is 9.59 Å². The lowest BCUT2D eigenvalue weighted by Gasteiger charge is -2.21. The van der Waals surface area contributed by atoms with Crippen LogP contribution in [0.1, 0.15) is 32.3 Å². The highest BCUT2D eigenvalue weighted by Crippen LogP contribution is 2.22. The molecular formula is C27H21N5O2. The summed E-state index contributed by atoms with van der Waals surface area (Å²) in [6.07, 6.45) is 7.57. The number of fused-ring (bicyclic) bond motifs is 2. The summed E-state index contributed by atoms with van der Waals surface area (Å²) in [7, 11) is 0. The number of hydrogen-bond donors (Lipinski definition) is 2. The van der Waals surface area contributed by atoms with Crippen molar-refractivity contribution >= 4 is 33.4 Å². The third-order valence-electron chi connectivity index (χ3n) is 5.68. The number of hydrogen-bond acceptors (Lipinski definition) is 5. The minimum absolute atomic E-state index is 0.190. The molecule has 0 fully saturated rings. The lowest BCUT2D eigenvalue weighted by Crippen LogP contribution is -2.38. The van der Waals surface area contributed by atoms with E-state index in [2.05, 4.69) is 25.6 Å². The standard InChI is InChI=1S/C27H21N5O2/c33-26(22-13-29-17-30-14-22)31-16-25(20-10-9-18-5-1-2-6-19(18)11-20)32-27(34)24-15-28-12-21-7-3-4-8-23(21)24/h1-15,17,25H,16H2,(H,31,33)(H,32,34). The number of amides is 2. The third kappa shape index (κ3) is 4.45. The highest BCUT2D eigenvalue weighted by Gasteiger charge is 2.19. The highest BCUT2D eigenvalue weighted by atomic mass is 16.2. The number of carbonyl (C=O) groups excluding carboxylic acids is 2. The Balaban J connectivity index is 1.45. The van der Waals surface area contributed by atoms with Crippen molar-refractivity contribution in [3.05, 3.63) is 115 Å². The molecule has 2 heterocycles. The molecule has 5 rings (SSSR count). The minimum Gasteiger partial charge on any atom is -0.350 e. The molecule has 0 spiro atoms. The predicted molar refractivity (Wildman–Crippen MR) is 130 cm³/mol. The van der Waals surface area contributed by atoms with Gasteiger partial charge in [0.15, 0.2) is 0 Å². The summed E-state index contributed by atoms with van der Waals surface area (Å²) in [5.41, 5.74) is 1.71. The van der Waals surface area contributed by atoms with E-state index in [0.717, 1.165) is 27.1 Å². The van der Waals surface area contributed by atoms with Crippen LogP contribution in [0.4, 0.5) is 0 Å². The summed E-state index contributed by atoms with van der Waals surface area (Å²) in [5.74, 6) is -0.577. The van der Waals surface area contributed by atoms with Gasteiger partial charge < -0.3 is 10.6 Å². The zero-order chi connectivity index (χ0) is 23.3. The first-order valence-electron chi connectivity index (χ1n) is 10.8. The van der Waals surface area contributed by atoms with E-state index in [0.29, 0.717) is 11.1 Å². The molecule has 2 aromatic heterocycles. The number of rotatable bonds is 6. The Bertz CT molecular complexity index is 1480. The predicted octanol–water partition coefficient (Wildman–Crippen LogP) is 4.08. The van der Waals surface area contributed by atoms with Crippen LogP contribution in [0.5, 0.6) is 0 Å². The fraction of sp³-hybridized carbons (Fsp3) is 0.0741. The van der Waals surface area contributed by atoms with Gasteiger partial charge in [0.05, 0.1) is 17.2 Å². The van der Waals surface area contributed by atoms with E-state index in [9.17, 15) is 9.59 Å². The number of benzene rings is 3. The van der Waals surface area contributed by atoms with Crippen LogP contribution in [-0.4, -0.2) is 33.3 Å². The molecule has 166 valence electrons. The molecule has 1 atom stereocenters. The van der Waals surface area contributed by atoms with Crippen molar-refractivity contribution in [2.24, 2.45) is 0 Å². The Hall–Kier alpha value is -4.65. The van der Waals surface area contributed by atoms with Crippen LogP contribution >= 0.6 is 0 Å². The fourth-order valence-electron chi connectivity index (χ4n) is 3.92. The molecule has 2 N–H and O–H groups in total. The van der Waals surface area contributed by atoms with Crippen molar-refractivity contribution in [1.82, 2.24) is 25.6 Å². The molecule has 2 amide bonds. The van der Waals surface area contributed by atoms with Gasteiger partial charge in [0.25, 0.3) is 11.8 Å². The smallest absolute Gasteiger partial charge is 0.254 e. The number of nitrogens with one attached hydrogen (secondary N) is 2. The van der Waals surface area contributed by atoms with Crippen molar-refractivity contribution in [3.8, 4) is 0 Å². The van der Waals surface area contributed by atoms with Crippen molar-refractivity contribution in [3.63, 3.8) is 0 Å². The first-order chi connectivity index (χ1) is 16.7. The van der Waals surface area contributed by atoms with Gasteiger partial charge in [-0.15, -0.1) is 0 Å². The number of nitrogens with zero attached hydrogens (tertiary/aromatic N) is 3. The topological polar surface area (TPSA) is 96.9 Å². The van der Waals surface area contributed by atoms with Crippen LogP contribution < -0.4 is 10.6 Å². The summed E-state index contributed by atoms with van der Waals surface area (Å²) >= 11 is 0. The van der Waals surface area contributed by atoms with Crippen LogP contribution in [0.2, 0.25) is 0 Å². The van der Waals surface area contributed by atoms with Crippen LogP contribution in [0, 0.1) is 0 Å². The van der Waals surface area contributed by atoms with Gasteiger partial charge in [0.2, 0.25) is 0 Å². The van der Waals surface area contributed by atoms with Crippen molar-refractivity contribution in [2.75, 3.05) is 6.54 Å². The van der Waals surface area contributed by atoms with Gasteiger partial charge in [0.1, 0.15) is 6.33 Å². The summed E-state index contributed by atoms with van der Waals surface area (Å²) < 4.78 is 0. The molecule has 0 aliphatic carbocycles. The van der Waals surface area contributed by atoms with E-state index < -0.39 is 6.04 Å². The average Bonchev–Trinajstić information content (AvgIpc) is 2.90. The average molecular weight is 447 g/mol. The minimum atomic E-state index is -0.468. The van der Waals surface area contributed by atoms with E-state index in [-0.39, 0.29) is 18.4 Å². The molecule has 7 nitrogen and oxygen atoms in total. The van der Waals surface area contributed by atoms with Gasteiger partial charge in [-0.3, -0.25) is 14.6 Å². The second kappa shape index (κ2) is 9.46. The first kappa shape index (κ1) is 21.2. The summed E-state index contributed by atoms with van der Waals surface area (Å²) in [5, 5.41) is 9.83. The van der Waals surface area contributed by atoms with E-state index in [1.54, 1.807) is 12.4 Å². The molecule has 0 saturated heterocycles. The number of aromatic nitrogens is 3. The largest absolute Gasteiger partial charge is 0.350 e. The quantitative estimate of drug-likeness (QED) is 0.409. The Kier molecular flexibility index (Phi) is 5.90. The zero-order valence-electron chi connectivity index (χ0n) is 18.2. The van der Waals surface area contributed by atoms with Gasteiger partial charge in [-0.1, -0.05) is 60.7 Å². The summed E-state index contributed by atoms with van der Waals surface area (Å²) in [6.45, 7) is 0.190. The molecule has 1 unspecified atom stereocenters. The zero-order valence-corrected chi connectivity index (χ0v) is 18.2. The number of carbonyl (C=O) groups is 2.